The monoisotopic (exact) mass is 295 g/mol. The van der Waals surface area contributed by atoms with Gasteiger partial charge in [-0.05, 0) is 49.0 Å². The topological polar surface area (TPSA) is 33.5 Å². The Labute approximate surface area is 131 Å². The fourth-order valence-electron chi connectivity index (χ4n) is 2.95. The van der Waals surface area contributed by atoms with Crippen molar-refractivity contribution in [3.8, 4) is 0 Å². The third-order valence-electron chi connectivity index (χ3n) is 4.23. The maximum Gasteiger partial charge on any atom is 0.246 e. The summed E-state index contributed by atoms with van der Waals surface area (Å²) in [5.41, 5.74) is 1.39. The first-order valence-electron chi connectivity index (χ1n) is 7.86. The molecule has 1 aliphatic heterocycles. The van der Waals surface area contributed by atoms with Gasteiger partial charge in [0.05, 0.1) is 6.26 Å². The van der Waals surface area contributed by atoms with Crippen LogP contribution < -0.4 is 0 Å². The van der Waals surface area contributed by atoms with Gasteiger partial charge in [0.25, 0.3) is 0 Å². The third kappa shape index (κ3) is 3.88. The van der Waals surface area contributed by atoms with E-state index in [-0.39, 0.29) is 5.91 Å². The summed E-state index contributed by atoms with van der Waals surface area (Å²) in [5, 5.41) is 0. The maximum absolute atomic E-state index is 12.2. The average Bonchev–Trinajstić information content (AvgIpc) is 3.08. The Morgan fingerprint density at radius 3 is 2.59 bits per heavy atom. The number of benzene rings is 1. The quantitative estimate of drug-likeness (QED) is 0.804. The van der Waals surface area contributed by atoms with Gasteiger partial charge in [-0.1, -0.05) is 30.3 Å². The SMILES string of the molecule is O=C(C=Cc1ccco1)N1CCC(Cc2ccccc2)CC1. The van der Waals surface area contributed by atoms with E-state index in [9.17, 15) is 4.79 Å². The van der Waals surface area contributed by atoms with Crippen LogP contribution in [0.1, 0.15) is 24.2 Å². The van der Waals surface area contributed by atoms with Crippen LogP contribution in [-0.4, -0.2) is 23.9 Å². The van der Waals surface area contributed by atoms with E-state index in [2.05, 4.69) is 30.3 Å². The molecule has 0 aliphatic carbocycles. The van der Waals surface area contributed by atoms with Crippen molar-refractivity contribution in [2.24, 2.45) is 5.92 Å². The minimum Gasteiger partial charge on any atom is -0.465 e. The highest BCUT2D eigenvalue weighted by Gasteiger charge is 2.21. The predicted molar refractivity (Wildman–Crippen MR) is 87.2 cm³/mol. The molecule has 114 valence electrons. The fourth-order valence-corrected chi connectivity index (χ4v) is 2.95. The number of rotatable bonds is 4. The molecule has 22 heavy (non-hydrogen) atoms. The highest BCUT2D eigenvalue weighted by Crippen LogP contribution is 2.22. The largest absolute Gasteiger partial charge is 0.465 e. The first-order chi connectivity index (χ1) is 10.8. The smallest absolute Gasteiger partial charge is 0.246 e. The van der Waals surface area contributed by atoms with Crippen LogP contribution in [-0.2, 0) is 11.2 Å². The summed E-state index contributed by atoms with van der Waals surface area (Å²) >= 11 is 0. The van der Waals surface area contributed by atoms with Crippen LogP contribution in [0.3, 0.4) is 0 Å². The van der Waals surface area contributed by atoms with Crippen LogP contribution in [0.5, 0.6) is 0 Å². The maximum atomic E-state index is 12.2. The number of furan rings is 1. The Balaban J connectivity index is 1.48. The van der Waals surface area contributed by atoms with Crippen molar-refractivity contribution < 1.29 is 9.21 Å². The molecule has 3 heteroatoms. The zero-order chi connectivity index (χ0) is 15.2. The van der Waals surface area contributed by atoms with E-state index in [1.807, 2.05) is 17.0 Å². The molecule has 2 heterocycles. The Kier molecular flexibility index (Phi) is 4.74. The standard InChI is InChI=1S/C19H21NO2/c21-19(9-8-18-7-4-14-22-18)20-12-10-17(11-13-20)15-16-5-2-1-3-6-16/h1-9,14,17H,10-13,15H2. The number of amides is 1. The van der Waals surface area contributed by atoms with Crippen molar-refractivity contribution in [2.45, 2.75) is 19.3 Å². The zero-order valence-corrected chi connectivity index (χ0v) is 12.7. The van der Waals surface area contributed by atoms with Crippen molar-refractivity contribution >= 4 is 12.0 Å². The molecule has 0 bridgehead atoms. The van der Waals surface area contributed by atoms with Gasteiger partial charge in [-0.15, -0.1) is 0 Å². The van der Waals surface area contributed by atoms with Crippen LogP contribution in [0.2, 0.25) is 0 Å². The zero-order valence-electron chi connectivity index (χ0n) is 12.7. The number of carbonyl (C=O) groups is 1. The van der Waals surface area contributed by atoms with Gasteiger partial charge in [0.15, 0.2) is 0 Å². The molecular formula is C19H21NO2. The second-order valence-electron chi connectivity index (χ2n) is 5.81. The highest BCUT2D eigenvalue weighted by molar-refractivity contribution is 5.91. The van der Waals surface area contributed by atoms with Crippen LogP contribution in [0.4, 0.5) is 0 Å². The predicted octanol–water partition coefficient (Wildman–Crippen LogP) is 3.77. The van der Waals surface area contributed by atoms with Crippen molar-refractivity contribution in [1.82, 2.24) is 4.90 Å². The van der Waals surface area contributed by atoms with Gasteiger partial charge in [-0.3, -0.25) is 4.79 Å². The number of nitrogens with zero attached hydrogens (tertiary/aromatic N) is 1. The number of carbonyl (C=O) groups excluding carboxylic acids is 1. The number of piperidine rings is 1. The van der Waals surface area contributed by atoms with Gasteiger partial charge in [-0.2, -0.15) is 0 Å². The lowest BCUT2D eigenvalue weighted by molar-refractivity contribution is -0.127. The molecule has 0 saturated carbocycles. The summed E-state index contributed by atoms with van der Waals surface area (Å²) < 4.78 is 5.20. The van der Waals surface area contributed by atoms with Gasteiger partial charge < -0.3 is 9.32 Å². The van der Waals surface area contributed by atoms with Crippen molar-refractivity contribution in [2.75, 3.05) is 13.1 Å². The van der Waals surface area contributed by atoms with Gasteiger partial charge in [0.1, 0.15) is 5.76 Å². The summed E-state index contributed by atoms with van der Waals surface area (Å²) in [4.78, 5) is 14.1. The molecule has 0 unspecified atom stereocenters. The lowest BCUT2D eigenvalue weighted by atomic mass is 9.90. The second kappa shape index (κ2) is 7.12. The Bertz CT molecular complexity index is 608. The molecule has 3 rings (SSSR count). The number of hydrogen-bond acceptors (Lipinski definition) is 2. The van der Waals surface area contributed by atoms with E-state index < -0.39 is 0 Å². The molecule has 1 amide bonds. The van der Waals surface area contributed by atoms with Crippen LogP contribution in [0, 0.1) is 5.92 Å². The summed E-state index contributed by atoms with van der Waals surface area (Å²) in [6, 6.07) is 14.3. The summed E-state index contributed by atoms with van der Waals surface area (Å²) in [5.74, 6) is 1.47. The van der Waals surface area contributed by atoms with Gasteiger partial charge >= 0.3 is 0 Å². The van der Waals surface area contributed by atoms with Gasteiger partial charge in [-0.25, -0.2) is 0 Å². The summed E-state index contributed by atoms with van der Waals surface area (Å²) in [6.07, 6.45) is 8.23. The molecule has 0 atom stereocenters. The minimum absolute atomic E-state index is 0.0783. The Morgan fingerprint density at radius 2 is 1.91 bits per heavy atom. The van der Waals surface area contributed by atoms with Crippen LogP contribution >= 0.6 is 0 Å². The van der Waals surface area contributed by atoms with E-state index in [0.29, 0.717) is 11.7 Å². The molecule has 0 radical (unpaired) electrons. The molecule has 1 saturated heterocycles. The van der Waals surface area contributed by atoms with Crippen LogP contribution in [0.15, 0.2) is 59.2 Å². The molecule has 0 N–H and O–H groups in total. The van der Waals surface area contributed by atoms with Gasteiger partial charge in [0.2, 0.25) is 5.91 Å². The van der Waals surface area contributed by atoms with Crippen molar-refractivity contribution in [3.63, 3.8) is 0 Å². The average molecular weight is 295 g/mol. The number of hydrogen-bond donors (Lipinski definition) is 0. The molecule has 3 nitrogen and oxygen atoms in total. The normalized spacial score (nSPS) is 16.3. The molecule has 1 aromatic heterocycles. The summed E-state index contributed by atoms with van der Waals surface area (Å²) in [6.45, 7) is 1.69. The van der Waals surface area contributed by atoms with Gasteiger partial charge in [0, 0.05) is 19.2 Å². The molecule has 1 aliphatic rings. The number of likely N-dealkylation sites (tertiary alicyclic amines) is 1. The Hall–Kier alpha value is -2.29. The first-order valence-corrected chi connectivity index (χ1v) is 7.86. The molecule has 0 spiro atoms. The fraction of sp³-hybridized carbons (Fsp3) is 0.316. The van der Waals surface area contributed by atoms with E-state index >= 15 is 0 Å². The molecular weight excluding hydrogens is 274 g/mol. The van der Waals surface area contributed by atoms with Crippen molar-refractivity contribution in [1.29, 1.82) is 0 Å². The third-order valence-corrected chi connectivity index (χ3v) is 4.23. The van der Waals surface area contributed by atoms with E-state index in [4.69, 9.17) is 4.42 Å². The van der Waals surface area contributed by atoms with E-state index in [1.165, 1.54) is 5.56 Å². The lowest BCUT2D eigenvalue weighted by Gasteiger charge is -2.31. The van der Waals surface area contributed by atoms with E-state index in [0.717, 1.165) is 32.4 Å². The molecule has 2 aromatic rings. The molecule has 1 fully saturated rings. The second-order valence-corrected chi connectivity index (χ2v) is 5.81. The molecule has 1 aromatic carbocycles. The highest BCUT2D eigenvalue weighted by atomic mass is 16.3. The van der Waals surface area contributed by atoms with Crippen molar-refractivity contribution in [3.05, 3.63) is 66.1 Å². The lowest BCUT2D eigenvalue weighted by Crippen LogP contribution is -2.37. The van der Waals surface area contributed by atoms with Crippen LogP contribution in [0.25, 0.3) is 6.08 Å². The first kappa shape index (κ1) is 14.6. The summed E-state index contributed by atoms with van der Waals surface area (Å²) in [7, 11) is 0. The minimum atomic E-state index is 0.0783. The van der Waals surface area contributed by atoms with E-state index in [1.54, 1.807) is 18.4 Å². The Morgan fingerprint density at radius 1 is 1.14 bits per heavy atom.